The average Bonchev–Trinajstić information content (AvgIpc) is 3.11. The Morgan fingerprint density at radius 2 is 1.96 bits per heavy atom. The number of nitrogens with two attached hydrogens (primary N) is 1. The number of rotatable bonds is 6. The molecule has 142 valence electrons. The van der Waals surface area contributed by atoms with Gasteiger partial charge in [-0.05, 0) is 30.3 Å². The van der Waals surface area contributed by atoms with Crippen molar-refractivity contribution in [2.75, 3.05) is 12.4 Å². The second-order valence-electron chi connectivity index (χ2n) is 5.44. The molecular weight excluding hydrogens is 481 g/mol. The van der Waals surface area contributed by atoms with Crippen molar-refractivity contribution in [3.05, 3.63) is 65.0 Å². The third-order valence-corrected chi connectivity index (χ3v) is 3.79. The van der Waals surface area contributed by atoms with Gasteiger partial charge in [-0.2, -0.15) is 4.98 Å². The highest BCUT2D eigenvalue weighted by Crippen LogP contribution is 2.19. The molecule has 0 spiro atoms. The Bertz CT molecular complexity index is 899. The highest BCUT2D eigenvalue weighted by molar-refractivity contribution is 14.0. The molecule has 0 aliphatic heterocycles. The van der Waals surface area contributed by atoms with Gasteiger partial charge in [0.2, 0.25) is 11.7 Å². The van der Waals surface area contributed by atoms with Gasteiger partial charge < -0.3 is 20.3 Å². The molecule has 9 heteroatoms. The predicted octanol–water partition coefficient (Wildman–Crippen LogP) is 4.08. The molecule has 7 nitrogen and oxygen atoms in total. The summed E-state index contributed by atoms with van der Waals surface area (Å²) in [6, 6.07) is 14.9. The number of aliphatic imine (C=N–C) groups is 1. The number of nitrogens with zero attached hydrogens (tertiary/aromatic N) is 3. The number of aromatic nitrogens is 2. The smallest absolute Gasteiger partial charge is 0.248 e. The molecule has 0 amide bonds. The van der Waals surface area contributed by atoms with E-state index in [0.717, 1.165) is 16.8 Å². The van der Waals surface area contributed by atoms with Gasteiger partial charge in [0.1, 0.15) is 6.54 Å². The molecule has 0 saturated heterocycles. The molecular formula is C18H19ClIN5O2. The molecule has 3 N–H and O–H groups in total. The molecule has 0 fully saturated rings. The molecule has 0 bridgehead atoms. The summed E-state index contributed by atoms with van der Waals surface area (Å²) in [5, 5.41) is 7.64. The van der Waals surface area contributed by atoms with Crippen molar-refractivity contribution < 1.29 is 9.26 Å². The van der Waals surface area contributed by atoms with E-state index in [1.165, 1.54) is 0 Å². The van der Waals surface area contributed by atoms with Crippen LogP contribution in [0.25, 0.3) is 11.4 Å². The maximum Gasteiger partial charge on any atom is 0.248 e. The Balaban J connectivity index is 0.00000261. The minimum Gasteiger partial charge on any atom is -0.380 e. The summed E-state index contributed by atoms with van der Waals surface area (Å²) in [5.74, 6) is 1.09. The van der Waals surface area contributed by atoms with Gasteiger partial charge in [0.05, 0.1) is 6.61 Å². The molecule has 3 rings (SSSR count). The van der Waals surface area contributed by atoms with Crippen LogP contribution in [0.2, 0.25) is 5.02 Å². The summed E-state index contributed by atoms with van der Waals surface area (Å²) in [7, 11) is 1.64. The average molecular weight is 500 g/mol. The van der Waals surface area contributed by atoms with Crippen LogP contribution in [0, 0.1) is 0 Å². The fourth-order valence-electron chi connectivity index (χ4n) is 2.29. The summed E-state index contributed by atoms with van der Waals surface area (Å²) in [6.45, 7) is 0.649. The summed E-state index contributed by atoms with van der Waals surface area (Å²) >= 11 is 5.88. The van der Waals surface area contributed by atoms with Crippen LogP contribution in [0.1, 0.15) is 11.5 Å². The summed E-state index contributed by atoms with van der Waals surface area (Å²) in [6.07, 6.45) is 0. The normalized spacial score (nSPS) is 11.1. The number of halogens is 2. The summed E-state index contributed by atoms with van der Waals surface area (Å²) in [5.41, 5.74) is 8.58. The lowest BCUT2D eigenvalue weighted by Crippen LogP contribution is -2.23. The quantitative estimate of drug-likeness (QED) is 0.301. The molecule has 0 atom stereocenters. The number of anilines is 1. The second-order valence-corrected chi connectivity index (χ2v) is 5.87. The van der Waals surface area contributed by atoms with Gasteiger partial charge in [-0.3, -0.25) is 0 Å². The number of methoxy groups -OCH3 is 1. The van der Waals surface area contributed by atoms with E-state index in [0.29, 0.717) is 23.3 Å². The Morgan fingerprint density at radius 3 is 2.70 bits per heavy atom. The van der Waals surface area contributed by atoms with Gasteiger partial charge in [-0.25, -0.2) is 4.99 Å². The van der Waals surface area contributed by atoms with Crippen LogP contribution in [-0.2, 0) is 17.9 Å². The Kier molecular flexibility index (Phi) is 8.01. The second kappa shape index (κ2) is 10.2. The Hall–Kier alpha value is -2.17. The van der Waals surface area contributed by atoms with Crippen LogP contribution in [0.4, 0.5) is 5.69 Å². The van der Waals surface area contributed by atoms with E-state index in [4.69, 9.17) is 26.6 Å². The number of hydrogen-bond donors (Lipinski definition) is 2. The van der Waals surface area contributed by atoms with E-state index in [1.54, 1.807) is 19.2 Å². The zero-order valence-electron chi connectivity index (χ0n) is 14.6. The van der Waals surface area contributed by atoms with Crippen molar-refractivity contribution in [2.24, 2.45) is 10.7 Å². The van der Waals surface area contributed by atoms with Crippen LogP contribution >= 0.6 is 35.6 Å². The third kappa shape index (κ3) is 5.91. The van der Waals surface area contributed by atoms with E-state index < -0.39 is 0 Å². The molecule has 0 saturated carbocycles. The van der Waals surface area contributed by atoms with Gasteiger partial charge >= 0.3 is 0 Å². The lowest BCUT2D eigenvalue weighted by Gasteiger charge is -2.10. The molecule has 1 heterocycles. The highest BCUT2D eigenvalue weighted by Gasteiger charge is 2.08. The first kappa shape index (κ1) is 21.1. The number of nitrogens with one attached hydrogen (secondary N) is 1. The van der Waals surface area contributed by atoms with Crippen LogP contribution in [0.15, 0.2) is 58.0 Å². The number of ether oxygens (including phenoxy) is 1. The maximum absolute atomic E-state index is 5.95. The van der Waals surface area contributed by atoms with Crippen molar-refractivity contribution in [1.29, 1.82) is 0 Å². The first-order valence-corrected chi connectivity index (χ1v) is 8.26. The van der Waals surface area contributed by atoms with E-state index >= 15 is 0 Å². The third-order valence-electron chi connectivity index (χ3n) is 3.54. The summed E-state index contributed by atoms with van der Waals surface area (Å²) < 4.78 is 10.4. The minimum atomic E-state index is 0. The fraction of sp³-hybridized carbons (Fsp3) is 0.167. The molecule has 1 aromatic heterocycles. The molecule has 0 aliphatic rings. The summed E-state index contributed by atoms with van der Waals surface area (Å²) in [4.78, 5) is 8.54. The van der Waals surface area contributed by atoms with Gasteiger partial charge in [0.25, 0.3) is 0 Å². The van der Waals surface area contributed by atoms with Gasteiger partial charge in [0, 0.05) is 28.9 Å². The largest absolute Gasteiger partial charge is 0.380 e. The zero-order valence-corrected chi connectivity index (χ0v) is 17.6. The molecule has 0 radical (unpaired) electrons. The van der Waals surface area contributed by atoms with Crippen molar-refractivity contribution in [3.8, 4) is 11.4 Å². The molecule has 2 aromatic carbocycles. The first-order valence-electron chi connectivity index (χ1n) is 7.88. The molecule has 3 aromatic rings. The zero-order chi connectivity index (χ0) is 18.4. The topological polar surface area (TPSA) is 98.6 Å². The molecule has 0 aliphatic carbocycles. The molecule has 0 unspecified atom stereocenters. The fourth-order valence-corrected chi connectivity index (χ4v) is 2.42. The van der Waals surface area contributed by atoms with Crippen molar-refractivity contribution in [1.82, 2.24) is 10.1 Å². The minimum absolute atomic E-state index is 0. The van der Waals surface area contributed by atoms with E-state index in [-0.39, 0.29) is 36.5 Å². The number of benzene rings is 2. The molecule has 27 heavy (non-hydrogen) atoms. The number of guanidine groups is 1. The first-order chi connectivity index (χ1) is 12.7. The van der Waals surface area contributed by atoms with Crippen LogP contribution in [0.3, 0.4) is 0 Å². The van der Waals surface area contributed by atoms with Crippen molar-refractivity contribution >= 4 is 47.2 Å². The van der Waals surface area contributed by atoms with Crippen molar-refractivity contribution in [2.45, 2.75) is 13.2 Å². The standard InChI is InChI=1S/C18H18ClN5O2.HI/c1-25-11-13-4-2-3-5-15(13)22-18(20)21-10-16-23-17(24-26-16)12-6-8-14(19)9-7-12;/h2-9H,10-11H2,1H3,(H3,20,21,22);1H. The van der Waals surface area contributed by atoms with Crippen LogP contribution < -0.4 is 11.1 Å². The lowest BCUT2D eigenvalue weighted by molar-refractivity contribution is 0.185. The Morgan fingerprint density at radius 1 is 1.22 bits per heavy atom. The van der Waals surface area contributed by atoms with Gasteiger partial charge in [-0.1, -0.05) is 35.0 Å². The predicted molar refractivity (Wildman–Crippen MR) is 116 cm³/mol. The monoisotopic (exact) mass is 499 g/mol. The van der Waals surface area contributed by atoms with Crippen molar-refractivity contribution in [3.63, 3.8) is 0 Å². The SMILES string of the molecule is COCc1ccccc1NC(N)=NCc1nc(-c2ccc(Cl)cc2)no1.I. The number of hydrogen-bond acceptors (Lipinski definition) is 5. The van der Waals surface area contributed by atoms with E-state index in [1.807, 2.05) is 36.4 Å². The Labute approximate surface area is 179 Å². The van der Waals surface area contributed by atoms with Gasteiger partial charge in [0.15, 0.2) is 5.96 Å². The van der Waals surface area contributed by atoms with E-state index in [9.17, 15) is 0 Å². The van der Waals surface area contributed by atoms with Crippen LogP contribution in [0.5, 0.6) is 0 Å². The van der Waals surface area contributed by atoms with Crippen LogP contribution in [-0.4, -0.2) is 23.2 Å². The lowest BCUT2D eigenvalue weighted by atomic mass is 10.2. The highest BCUT2D eigenvalue weighted by atomic mass is 127. The number of para-hydroxylation sites is 1. The maximum atomic E-state index is 5.95. The van der Waals surface area contributed by atoms with Gasteiger partial charge in [-0.15, -0.1) is 24.0 Å². The van der Waals surface area contributed by atoms with E-state index in [2.05, 4.69) is 20.4 Å².